The Balaban J connectivity index is 1.42. The lowest BCUT2D eigenvalue weighted by Gasteiger charge is -2.48. The summed E-state index contributed by atoms with van der Waals surface area (Å²) >= 11 is 0. The number of hydrogen-bond donors (Lipinski definition) is 1. The number of primary amides is 1. The van der Waals surface area contributed by atoms with Crippen molar-refractivity contribution in [1.29, 1.82) is 0 Å². The van der Waals surface area contributed by atoms with Crippen LogP contribution in [0, 0.1) is 5.82 Å². The Kier molecular flexibility index (Phi) is 10.4. The van der Waals surface area contributed by atoms with Crippen molar-refractivity contribution < 1.29 is 33.0 Å². The normalized spacial score (nSPS) is 24.0. The molecule has 2 saturated heterocycles. The van der Waals surface area contributed by atoms with E-state index in [-0.39, 0.29) is 73.1 Å². The quantitative estimate of drug-likeness (QED) is 0.479. The van der Waals surface area contributed by atoms with Gasteiger partial charge in [-0.05, 0) is 77.3 Å². The molecule has 3 aliphatic rings. The minimum Gasteiger partial charge on any atom is -0.474 e. The second-order valence-electron chi connectivity index (χ2n) is 13.9. The monoisotopic (exact) mass is 654 g/mol. The molecule has 0 radical (unpaired) electrons. The molecule has 0 unspecified atom stereocenters. The maximum absolute atomic E-state index is 14.3. The van der Waals surface area contributed by atoms with Gasteiger partial charge in [-0.25, -0.2) is 14.2 Å². The first-order chi connectivity index (χ1) is 22.2. The van der Waals surface area contributed by atoms with Gasteiger partial charge >= 0.3 is 6.09 Å². The van der Waals surface area contributed by atoms with Crippen molar-refractivity contribution in [1.82, 2.24) is 19.7 Å². The number of piperazine rings is 1. The Morgan fingerprint density at radius 3 is 2.40 bits per heavy atom. The number of aromatic nitrogens is 1. The third kappa shape index (κ3) is 8.20. The Labute approximate surface area is 275 Å². The standard InChI is InChI=1S/C34H47FN6O6/c1-21-15-39(27(16-38-11-12-45-19-22(38)2)17-40(21)33(44)47-34(4,5)6)18-29(42)41-23(3)20-46-32-28(41)14-25(30(37-32)31(36)43)13-24-7-9-26(35)10-8-24/h7-10,14,21-23,27H,11-13,15-20H2,1-6H3,(H2,36,43)/t21-,22-,23+,27+/m1/s1. The fraction of sp³-hybridized carbons (Fsp3) is 0.588. The zero-order valence-corrected chi connectivity index (χ0v) is 28.2. The maximum atomic E-state index is 14.3. The highest BCUT2D eigenvalue weighted by atomic mass is 19.1. The van der Waals surface area contributed by atoms with Crippen molar-refractivity contribution in [3.8, 4) is 5.88 Å². The topological polar surface area (TPSA) is 131 Å². The summed E-state index contributed by atoms with van der Waals surface area (Å²) in [5, 5.41) is 0. The first-order valence-electron chi connectivity index (χ1n) is 16.3. The lowest BCUT2D eigenvalue weighted by atomic mass is 10.0. The van der Waals surface area contributed by atoms with Crippen molar-refractivity contribution >= 4 is 23.6 Å². The summed E-state index contributed by atoms with van der Waals surface area (Å²) < 4.78 is 30.9. The number of nitrogens with two attached hydrogens (primary N) is 1. The fourth-order valence-corrected chi connectivity index (χ4v) is 6.47. The lowest BCUT2D eigenvalue weighted by molar-refractivity contribution is -0.122. The minimum atomic E-state index is -0.720. The van der Waals surface area contributed by atoms with Gasteiger partial charge in [-0.2, -0.15) is 0 Å². The molecule has 1 aromatic heterocycles. The maximum Gasteiger partial charge on any atom is 0.410 e. The van der Waals surface area contributed by atoms with Crippen LogP contribution in [0.3, 0.4) is 0 Å². The Hall–Kier alpha value is -3.81. The van der Waals surface area contributed by atoms with Crippen LogP contribution in [0.5, 0.6) is 5.88 Å². The van der Waals surface area contributed by atoms with E-state index in [0.29, 0.717) is 44.1 Å². The van der Waals surface area contributed by atoms with Crippen molar-refractivity contribution in [2.24, 2.45) is 5.73 Å². The van der Waals surface area contributed by atoms with Crippen molar-refractivity contribution in [3.63, 3.8) is 0 Å². The van der Waals surface area contributed by atoms with E-state index in [2.05, 4.69) is 21.7 Å². The van der Waals surface area contributed by atoms with Crippen molar-refractivity contribution in [2.45, 2.75) is 77.7 Å². The Morgan fingerprint density at radius 1 is 1.02 bits per heavy atom. The van der Waals surface area contributed by atoms with Crippen LogP contribution < -0.4 is 15.4 Å². The highest BCUT2D eigenvalue weighted by Crippen LogP contribution is 2.35. The highest BCUT2D eigenvalue weighted by Gasteiger charge is 2.40. The molecule has 2 N–H and O–H groups in total. The van der Waals surface area contributed by atoms with Crippen LogP contribution in [0.25, 0.3) is 0 Å². The van der Waals surface area contributed by atoms with Crippen LogP contribution in [0.2, 0.25) is 0 Å². The van der Waals surface area contributed by atoms with Gasteiger partial charge in [0.1, 0.15) is 29.4 Å². The van der Waals surface area contributed by atoms with E-state index in [1.807, 2.05) is 34.6 Å². The SMILES string of the molecule is C[C@@H]1COCCN1C[C@H]1CN(C(=O)OC(C)(C)C)[C@H](C)CN1CC(=O)N1c2cc(Cc3ccc(F)cc3)c(C(N)=O)nc2OC[C@@H]1C. The van der Waals surface area contributed by atoms with Crippen LogP contribution >= 0.6 is 0 Å². The molecule has 5 rings (SSSR count). The van der Waals surface area contributed by atoms with Gasteiger partial charge in [0.2, 0.25) is 11.8 Å². The summed E-state index contributed by atoms with van der Waals surface area (Å²) in [6, 6.07) is 7.27. The molecule has 2 aromatic rings. The molecule has 1 aromatic carbocycles. The Bertz CT molecular complexity index is 1470. The third-order valence-electron chi connectivity index (χ3n) is 8.89. The van der Waals surface area contributed by atoms with Crippen LogP contribution in [0.4, 0.5) is 14.9 Å². The molecule has 4 atom stereocenters. The molecular formula is C34H47FN6O6. The van der Waals surface area contributed by atoms with Crippen molar-refractivity contribution in [2.75, 3.05) is 57.4 Å². The van der Waals surface area contributed by atoms with E-state index < -0.39 is 11.5 Å². The van der Waals surface area contributed by atoms with Gasteiger partial charge < -0.3 is 29.7 Å². The lowest BCUT2D eigenvalue weighted by Crippen LogP contribution is -2.64. The van der Waals surface area contributed by atoms with Gasteiger partial charge in [-0.15, -0.1) is 0 Å². The summed E-state index contributed by atoms with van der Waals surface area (Å²) in [5.41, 5.74) is 6.84. The number of carbonyl (C=O) groups excluding carboxylic acids is 3. The predicted molar refractivity (Wildman–Crippen MR) is 174 cm³/mol. The molecule has 47 heavy (non-hydrogen) atoms. The molecule has 4 heterocycles. The number of pyridine rings is 1. The van der Waals surface area contributed by atoms with Crippen LogP contribution in [-0.4, -0.2) is 120 Å². The molecule has 12 nitrogen and oxygen atoms in total. The average Bonchev–Trinajstić information content (AvgIpc) is 2.99. The number of rotatable bonds is 7. The largest absolute Gasteiger partial charge is 0.474 e. The van der Waals surface area contributed by atoms with Gasteiger partial charge in [-0.3, -0.25) is 19.4 Å². The van der Waals surface area contributed by atoms with E-state index in [0.717, 1.165) is 12.1 Å². The second-order valence-corrected chi connectivity index (χ2v) is 13.9. The van der Waals surface area contributed by atoms with Crippen molar-refractivity contribution in [3.05, 3.63) is 53.0 Å². The van der Waals surface area contributed by atoms with E-state index >= 15 is 0 Å². The molecular weight excluding hydrogens is 607 g/mol. The summed E-state index contributed by atoms with van der Waals surface area (Å²) in [4.78, 5) is 52.4. The van der Waals surface area contributed by atoms with Gasteiger partial charge in [-0.1, -0.05) is 12.1 Å². The minimum absolute atomic E-state index is 0.0433. The molecule has 0 saturated carbocycles. The molecule has 256 valence electrons. The number of amides is 3. The average molecular weight is 655 g/mol. The first kappa shape index (κ1) is 34.5. The first-order valence-corrected chi connectivity index (χ1v) is 16.3. The summed E-state index contributed by atoms with van der Waals surface area (Å²) in [6.07, 6.45) is -0.101. The number of fused-ring (bicyclic) bond motifs is 1. The number of carbonyl (C=O) groups is 3. The number of hydrogen-bond acceptors (Lipinski definition) is 9. The number of halogens is 1. The number of anilines is 1. The molecule has 0 bridgehead atoms. The van der Waals surface area contributed by atoms with Gasteiger partial charge in [0.05, 0.1) is 25.8 Å². The van der Waals surface area contributed by atoms with Gasteiger partial charge in [0, 0.05) is 44.3 Å². The number of ether oxygens (including phenoxy) is 3. The summed E-state index contributed by atoms with van der Waals surface area (Å²) in [7, 11) is 0. The van der Waals surface area contributed by atoms with Gasteiger partial charge in [0.25, 0.3) is 5.91 Å². The second kappa shape index (κ2) is 14.1. The van der Waals surface area contributed by atoms with Gasteiger partial charge in [0.15, 0.2) is 0 Å². The summed E-state index contributed by atoms with van der Waals surface area (Å²) in [5.74, 6) is -1.08. The highest BCUT2D eigenvalue weighted by molar-refractivity contribution is 5.99. The van der Waals surface area contributed by atoms with Crippen LogP contribution in [0.15, 0.2) is 30.3 Å². The molecule has 0 aliphatic carbocycles. The smallest absolute Gasteiger partial charge is 0.410 e. The van der Waals surface area contributed by atoms with E-state index in [1.165, 1.54) is 12.1 Å². The Morgan fingerprint density at radius 2 is 1.74 bits per heavy atom. The number of nitrogens with zero attached hydrogens (tertiary/aromatic N) is 5. The predicted octanol–water partition coefficient (Wildman–Crippen LogP) is 3.05. The van der Waals surface area contributed by atoms with Crippen LogP contribution in [0.1, 0.15) is 63.2 Å². The number of morpholine rings is 1. The molecule has 13 heteroatoms. The number of benzene rings is 1. The zero-order chi connectivity index (χ0) is 34.0. The van der Waals surface area contributed by atoms with E-state index in [9.17, 15) is 18.8 Å². The molecule has 3 aliphatic heterocycles. The fourth-order valence-electron chi connectivity index (χ4n) is 6.47. The van der Waals surface area contributed by atoms with E-state index in [4.69, 9.17) is 19.9 Å². The molecule has 0 spiro atoms. The third-order valence-corrected chi connectivity index (χ3v) is 8.89. The van der Waals surface area contributed by atoms with Crippen LogP contribution in [-0.2, 0) is 20.7 Å². The zero-order valence-electron chi connectivity index (χ0n) is 28.2. The molecule has 2 fully saturated rings. The van der Waals surface area contributed by atoms with E-state index in [1.54, 1.807) is 28.0 Å². The summed E-state index contributed by atoms with van der Waals surface area (Å²) in [6.45, 7) is 15.4. The molecule has 3 amide bonds.